The Morgan fingerprint density at radius 3 is 2.47 bits per heavy atom. The van der Waals surface area contributed by atoms with Gasteiger partial charge in [-0.3, -0.25) is 0 Å². The van der Waals surface area contributed by atoms with E-state index in [1.807, 2.05) is 6.92 Å². The number of aromatic nitrogens is 3. The number of ether oxygens (including phenoxy) is 1. The molecule has 1 rings (SSSR count). The predicted octanol–water partition coefficient (Wildman–Crippen LogP) is 1.91. The minimum atomic E-state index is 0.366. The van der Waals surface area contributed by atoms with Crippen molar-refractivity contribution in [2.24, 2.45) is 0 Å². The Bertz CT molecular complexity index is 332. The van der Waals surface area contributed by atoms with Crippen LogP contribution in [0.4, 0.5) is 11.9 Å². The van der Waals surface area contributed by atoms with Gasteiger partial charge < -0.3 is 15.4 Å². The molecular formula is C11H21N5O. The van der Waals surface area contributed by atoms with Crippen molar-refractivity contribution in [3.8, 4) is 6.01 Å². The van der Waals surface area contributed by atoms with Gasteiger partial charge in [-0.2, -0.15) is 15.0 Å². The van der Waals surface area contributed by atoms with E-state index in [4.69, 9.17) is 4.74 Å². The van der Waals surface area contributed by atoms with E-state index in [-0.39, 0.29) is 0 Å². The fourth-order valence-electron chi connectivity index (χ4n) is 1.18. The van der Waals surface area contributed by atoms with Gasteiger partial charge in [-0.25, -0.2) is 0 Å². The molecule has 2 N–H and O–H groups in total. The zero-order chi connectivity index (χ0) is 12.5. The van der Waals surface area contributed by atoms with Crippen molar-refractivity contribution >= 4 is 11.9 Å². The first-order valence-electron chi connectivity index (χ1n) is 6.10. The molecule has 0 aliphatic carbocycles. The Labute approximate surface area is 102 Å². The lowest BCUT2D eigenvalue weighted by Gasteiger charge is -2.08. The van der Waals surface area contributed by atoms with Gasteiger partial charge in [-0.05, 0) is 12.8 Å². The maximum atomic E-state index is 5.40. The Kier molecular flexibility index (Phi) is 6.06. The molecule has 0 saturated carbocycles. The van der Waals surface area contributed by atoms with Crippen molar-refractivity contribution in [3.63, 3.8) is 0 Å². The van der Waals surface area contributed by atoms with Crippen LogP contribution in [0, 0.1) is 0 Å². The maximum absolute atomic E-state index is 5.40. The van der Waals surface area contributed by atoms with Gasteiger partial charge in [0.05, 0.1) is 6.61 Å². The molecule has 0 aliphatic rings. The number of anilines is 2. The van der Waals surface area contributed by atoms with Crippen LogP contribution in [0.5, 0.6) is 6.01 Å². The molecule has 0 bridgehead atoms. The minimum Gasteiger partial charge on any atom is -0.463 e. The number of hydrogen-bond donors (Lipinski definition) is 2. The van der Waals surface area contributed by atoms with Crippen LogP contribution in [0.1, 0.15) is 33.1 Å². The van der Waals surface area contributed by atoms with Crippen LogP contribution >= 0.6 is 0 Å². The highest BCUT2D eigenvalue weighted by Gasteiger charge is 2.05. The molecule has 0 aliphatic heterocycles. The van der Waals surface area contributed by atoms with Crippen LogP contribution in [0.2, 0.25) is 0 Å². The molecular weight excluding hydrogens is 218 g/mol. The monoisotopic (exact) mass is 239 g/mol. The molecule has 0 amide bonds. The largest absolute Gasteiger partial charge is 0.463 e. The fraction of sp³-hybridized carbons (Fsp3) is 0.727. The smallest absolute Gasteiger partial charge is 0.323 e. The molecule has 96 valence electrons. The van der Waals surface area contributed by atoms with Crippen molar-refractivity contribution in [2.45, 2.75) is 33.1 Å². The highest BCUT2D eigenvalue weighted by Crippen LogP contribution is 2.11. The van der Waals surface area contributed by atoms with Gasteiger partial charge in [0, 0.05) is 13.6 Å². The number of nitrogens with one attached hydrogen (secondary N) is 2. The summed E-state index contributed by atoms with van der Waals surface area (Å²) in [6.07, 6.45) is 3.15. The van der Waals surface area contributed by atoms with Crippen LogP contribution in [-0.2, 0) is 0 Å². The predicted molar refractivity (Wildman–Crippen MR) is 68.6 cm³/mol. The normalized spacial score (nSPS) is 10.1. The second-order valence-electron chi connectivity index (χ2n) is 3.64. The Hall–Kier alpha value is -1.59. The van der Waals surface area contributed by atoms with Crippen LogP contribution in [0.25, 0.3) is 0 Å². The Morgan fingerprint density at radius 2 is 1.82 bits per heavy atom. The van der Waals surface area contributed by atoms with Gasteiger partial charge in [0.15, 0.2) is 0 Å². The highest BCUT2D eigenvalue weighted by atomic mass is 16.5. The second-order valence-corrected chi connectivity index (χ2v) is 3.64. The molecule has 0 radical (unpaired) electrons. The summed E-state index contributed by atoms with van der Waals surface area (Å²) < 4.78 is 5.40. The molecule has 0 saturated heterocycles. The van der Waals surface area contributed by atoms with Crippen molar-refractivity contribution in [1.29, 1.82) is 0 Å². The first-order chi connectivity index (χ1) is 8.30. The average Bonchev–Trinajstić information content (AvgIpc) is 2.36. The van der Waals surface area contributed by atoms with Crippen molar-refractivity contribution < 1.29 is 4.74 Å². The minimum absolute atomic E-state index is 0.366. The van der Waals surface area contributed by atoms with Gasteiger partial charge in [0.2, 0.25) is 11.9 Å². The zero-order valence-electron chi connectivity index (χ0n) is 10.8. The quantitative estimate of drug-likeness (QED) is 0.675. The lowest BCUT2D eigenvalue weighted by Crippen LogP contribution is -2.10. The molecule has 1 aromatic rings. The highest BCUT2D eigenvalue weighted by molar-refractivity contribution is 5.35. The number of hydrogen-bond acceptors (Lipinski definition) is 6. The van der Waals surface area contributed by atoms with Crippen LogP contribution in [-0.4, -0.2) is 35.2 Å². The first kappa shape index (κ1) is 13.5. The van der Waals surface area contributed by atoms with Gasteiger partial charge in [-0.15, -0.1) is 0 Å². The standard InChI is InChI=1S/C11H21N5O/c1-4-6-7-13-10-14-9(12-3)15-11(16-10)17-8-5-2/h4-8H2,1-3H3,(H2,12,13,14,15,16). The number of rotatable bonds is 8. The van der Waals surface area contributed by atoms with Gasteiger partial charge in [-0.1, -0.05) is 20.3 Å². The topological polar surface area (TPSA) is 72.0 Å². The molecule has 6 heteroatoms. The van der Waals surface area contributed by atoms with E-state index in [1.54, 1.807) is 7.05 Å². The van der Waals surface area contributed by atoms with Crippen LogP contribution in [0.15, 0.2) is 0 Å². The second kappa shape index (κ2) is 7.65. The molecule has 1 heterocycles. The van der Waals surface area contributed by atoms with Crippen molar-refractivity contribution in [2.75, 3.05) is 30.8 Å². The van der Waals surface area contributed by atoms with Gasteiger partial charge >= 0.3 is 6.01 Å². The number of unbranched alkanes of at least 4 members (excludes halogenated alkanes) is 1. The molecule has 0 unspecified atom stereocenters. The summed E-state index contributed by atoms with van der Waals surface area (Å²) in [6, 6.07) is 0.366. The van der Waals surface area contributed by atoms with Gasteiger partial charge in [0.25, 0.3) is 0 Å². The first-order valence-corrected chi connectivity index (χ1v) is 6.10. The van der Waals surface area contributed by atoms with E-state index < -0.39 is 0 Å². The summed E-state index contributed by atoms with van der Waals surface area (Å²) in [5.41, 5.74) is 0. The van der Waals surface area contributed by atoms with Crippen molar-refractivity contribution in [3.05, 3.63) is 0 Å². The summed E-state index contributed by atoms with van der Waals surface area (Å²) in [7, 11) is 1.77. The molecule has 0 aromatic carbocycles. The number of nitrogens with zero attached hydrogens (tertiary/aromatic N) is 3. The Morgan fingerprint density at radius 1 is 1.06 bits per heavy atom. The summed E-state index contributed by atoms with van der Waals surface area (Å²) in [4.78, 5) is 12.5. The summed E-state index contributed by atoms with van der Waals surface area (Å²) in [5.74, 6) is 1.08. The molecule has 0 spiro atoms. The van der Waals surface area contributed by atoms with E-state index >= 15 is 0 Å². The summed E-state index contributed by atoms with van der Waals surface area (Å²) >= 11 is 0. The lowest BCUT2D eigenvalue weighted by molar-refractivity contribution is 0.292. The summed E-state index contributed by atoms with van der Waals surface area (Å²) in [6.45, 7) is 5.66. The zero-order valence-corrected chi connectivity index (χ0v) is 10.8. The lowest BCUT2D eigenvalue weighted by atomic mass is 10.3. The molecule has 17 heavy (non-hydrogen) atoms. The third-order valence-corrected chi connectivity index (χ3v) is 2.09. The van der Waals surface area contributed by atoms with E-state index in [1.165, 1.54) is 0 Å². The SMILES string of the molecule is CCCCNc1nc(NC)nc(OCCC)n1. The third-order valence-electron chi connectivity index (χ3n) is 2.09. The molecule has 0 fully saturated rings. The Balaban J connectivity index is 2.67. The van der Waals surface area contributed by atoms with E-state index in [2.05, 4.69) is 32.5 Å². The van der Waals surface area contributed by atoms with E-state index in [0.717, 1.165) is 25.8 Å². The van der Waals surface area contributed by atoms with Crippen LogP contribution < -0.4 is 15.4 Å². The third kappa shape index (κ3) is 4.84. The van der Waals surface area contributed by atoms with E-state index in [0.29, 0.717) is 24.5 Å². The fourth-order valence-corrected chi connectivity index (χ4v) is 1.18. The molecule has 6 nitrogen and oxygen atoms in total. The van der Waals surface area contributed by atoms with E-state index in [9.17, 15) is 0 Å². The van der Waals surface area contributed by atoms with Crippen LogP contribution in [0.3, 0.4) is 0 Å². The molecule has 1 aromatic heterocycles. The van der Waals surface area contributed by atoms with Crippen molar-refractivity contribution in [1.82, 2.24) is 15.0 Å². The maximum Gasteiger partial charge on any atom is 0.323 e. The summed E-state index contributed by atoms with van der Waals surface area (Å²) in [5, 5.41) is 6.05. The van der Waals surface area contributed by atoms with Gasteiger partial charge in [0.1, 0.15) is 0 Å². The molecule has 0 atom stereocenters. The average molecular weight is 239 g/mol.